The van der Waals surface area contributed by atoms with Crippen LogP contribution >= 0.6 is 0 Å². The summed E-state index contributed by atoms with van der Waals surface area (Å²) in [4.78, 5) is 4.14. The molecule has 0 radical (unpaired) electrons. The molecule has 1 aromatic rings. The van der Waals surface area contributed by atoms with Gasteiger partial charge < -0.3 is 9.88 Å². The monoisotopic (exact) mass is 179 g/mol. The Morgan fingerprint density at radius 2 is 2.46 bits per heavy atom. The molecule has 1 aliphatic carbocycles. The Balaban J connectivity index is 1.78. The molecule has 1 saturated carbocycles. The van der Waals surface area contributed by atoms with Crippen molar-refractivity contribution >= 4 is 0 Å². The van der Waals surface area contributed by atoms with Crippen LogP contribution in [0.15, 0.2) is 12.5 Å². The highest BCUT2D eigenvalue weighted by Crippen LogP contribution is 2.18. The third-order valence-electron chi connectivity index (χ3n) is 2.52. The van der Waals surface area contributed by atoms with E-state index in [2.05, 4.69) is 21.8 Å². The van der Waals surface area contributed by atoms with Gasteiger partial charge in [0.15, 0.2) is 0 Å². The van der Waals surface area contributed by atoms with E-state index in [1.807, 2.05) is 12.5 Å². The number of aryl methyl sites for hydroxylation is 1. The van der Waals surface area contributed by atoms with Crippen LogP contribution in [0.1, 0.15) is 25.5 Å². The zero-order chi connectivity index (χ0) is 9.10. The van der Waals surface area contributed by atoms with Crippen molar-refractivity contribution in [2.24, 2.45) is 0 Å². The van der Waals surface area contributed by atoms with Crippen LogP contribution < -0.4 is 5.32 Å². The van der Waals surface area contributed by atoms with Gasteiger partial charge in [-0.25, -0.2) is 4.98 Å². The van der Waals surface area contributed by atoms with Crippen molar-refractivity contribution in [3.63, 3.8) is 0 Å². The number of rotatable bonds is 5. The van der Waals surface area contributed by atoms with E-state index in [1.54, 1.807) is 0 Å². The largest absolute Gasteiger partial charge is 0.333 e. The molecule has 1 fully saturated rings. The van der Waals surface area contributed by atoms with Crippen molar-refractivity contribution in [3.05, 3.63) is 18.2 Å². The molecule has 3 heteroatoms. The first-order valence-electron chi connectivity index (χ1n) is 5.12. The van der Waals surface area contributed by atoms with Gasteiger partial charge in [0.1, 0.15) is 0 Å². The minimum absolute atomic E-state index is 0.814. The third kappa shape index (κ3) is 2.31. The van der Waals surface area contributed by atoms with Crippen molar-refractivity contribution in [1.82, 2.24) is 14.9 Å². The molecule has 0 unspecified atom stereocenters. The van der Waals surface area contributed by atoms with Gasteiger partial charge in [0, 0.05) is 31.0 Å². The second-order valence-electron chi connectivity index (χ2n) is 3.66. The Kier molecular flexibility index (Phi) is 2.64. The molecular formula is C10H17N3. The van der Waals surface area contributed by atoms with Crippen LogP contribution in [0.5, 0.6) is 0 Å². The fourth-order valence-corrected chi connectivity index (χ4v) is 1.52. The molecule has 0 aromatic carbocycles. The molecule has 0 bridgehead atoms. The standard InChI is InChI=1S/C10H17N3/c1-2-10-7-11-8-13(10)6-5-12-9-3-4-9/h7-9,12H,2-6H2,1H3. The van der Waals surface area contributed by atoms with Crippen LogP contribution in [0.2, 0.25) is 0 Å². The predicted molar refractivity (Wildman–Crippen MR) is 52.6 cm³/mol. The van der Waals surface area contributed by atoms with E-state index in [-0.39, 0.29) is 0 Å². The highest BCUT2D eigenvalue weighted by atomic mass is 15.1. The second-order valence-corrected chi connectivity index (χ2v) is 3.66. The van der Waals surface area contributed by atoms with Crippen LogP contribution in [0.4, 0.5) is 0 Å². The average molecular weight is 179 g/mol. The maximum atomic E-state index is 4.14. The van der Waals surface area contributed by atoms with E-state index in [9.17, 15) is 0 Å². The van der Waals surface area contributed by atoms with Crippen LogP contribution in [-0.4, -0.2) is 22.1 Å². The molecule has 0 aliphatic heterocycles. The van der Waals surface area contributed by atoms with Gasteiger partial charge in [-0.2, -0.15) is 0 Å². The molecule has 1 aromatic heterocycles. The van der Waals surface area contributed by atoms with Gasteiger partial charge in [-0.1, -0.05) is 6.92 Å². The van der Waals surface area contributed by atoms with Gasteiger partial charge in [-0.15, -0.1) is 0 Å². The van der Waals surface area contributed by atoms with E-state index >= 15 is 0 Å². The van der Waals surface area contributed by atoms with E-state index in [0.717, 1.165) is 25.6 Å². The lowest BCUT2D eigenvalue weighted by molar-refractivity contribution is 0.581. The molecule has 1 aliphatic rings. The van der Waals surface area contributed by atoms with Crippen LogP contribution in [0.3, 0.4) is 0 Å². The quantitative estimate of drug-likeness (QED) is 0.736. The van der Waals surface area contributed by atoms with Gasteiger partial charge in [0.25, 0.3) is 0 Å². The summed E-state index contributed by atoms with van der Waals surface area (Å²) in [5.74, 6) is 0. The highest BCUT2D eigenvalue weighted by Gasteiger charge is 2.19. The fourth-order valence-electron chi connectivity index (χ4n) is 1.52. The number of hydrogen-bond acceptors (Lipinski definition) is 2. The molecule has 3 nitrogen and oxygen atoms in total. The summed E-state index contributed by atoms with van der Waals surface area (Å²) >= 11 is 0. The molecule has 0 spiro atoms. The SMILES string of the molecule is CCc1cncn1CCNC1CC1. The Hall–Kier alpha value is -0.830. The van der Waals surface area contributed by atoms with Gasteiger partial charge in [0.2, 0.25) is 0 Å². The fraction of sp³-hybridized carbons (Fsp3) is 0.700. The molecule has 13 heavy (non-hydrogen) atoms. The van der Waals surface area contributed by atoms with E-state index in [0.29, 0.717) is 0 Å². The minimum atomic E-state index is 0.814. The van der Waals surface area contributed by atoms with Crippen LogP contribution in [-0.2, 0) is 13.0 Å². The normalized spacial score (nSPS) is 16.4. The van der Waals surface area contributed by atoms with Crippen molar-refractivity contribution < 1.29 is 0 Å². The van der Waals surface area contributed by atoms with Gasteiger partial charge in [-0.3, -0.25) is 0 Å². The Morgan fingerprint density at radius 3 is 3.15 bits per heavy atom. The summed E-state index contributed by atoms with van der Waals surface area (Å²) in [6.45, 7) is 4.30. The van der Waals surface area contributed by atoms with Crippen molar-refractivity contribution in [2.45, 2.75) is 38.8 Å². The van der Waals surface area contributed by atoms with Gasteiger partial charge in [0.05, 0.1) is 6.33 Å². The molecule has 2 rings (SSSR count). The zero-order valence-corrected chi connectivity index (χ0v) is 8.16. The lowest BCUT2D eigenvalue weighted by Crippen LogP contribution is -2.22. The van der Waals surface area contributed by atoms with E-state index < -0.39 is 0 Å². The minimum Gasteiger partial charge on any atom is -0.333 e. The molecule has 0 amide bonds. The molecular weight excluding hydrogens is 162 g/mol. The first-order chi connectivity index (χ1) is 6.40. The Labute approximate surface area is 79.2 Å². The first-order valence-corrected chi connectivity index (χ1v) is 5.12. The second kappa shape index (κ2) is 3.92. The summed E-state index contributed by atoms with van der Waals surface area (Å²) in [6.07, 6.45) is 7.68. The average Bonchev–Trinajstić information content (AvgIpc) is 2.84. The van der Waals surface area contributed by atoms with Crippen molar-refractivity contribution in [1.29, 1.82) is 0 Å². The van der Waals surface area contributed by atoms with Crippen LogP contribution in [0.25, 0.3) is 0 Å². The molecule has 0 atom stereocenters. The summed E-state index contributed by atoms with van der Waals surface area (Å²) in [5, 5.41) is 3.50. The first kappa shape index (κ1) is 8.75. The highest BCUT2D eigenvalue weighted by molar-refractivity contribution is 4.97. The summed E-state index contributed by atoms with van der Waals surface area (Å²) in [7, 11) is 0. The Morgan fingerprint density at radius 1 is 1.62 bits per heavy atom. The maximum Gasteiger partial charge on any atom is 0.0948 e. The van der Waals surface area contributed by atoms with Crippen LogP contribution in [0, 0.1) is 0 Å². The van der Waals surface area contributed by atoms with Gasteiger partial charge in [-0.05, 0) is 19.3 Å². The molecule has 72 valence electrons. The van der Waals surface area contributed by atoms with Crippen molar-refractivity contribution in [3.8, 4) is 0 Å². The zero-order valence-electron chi connectivity index (χ0n) is 8.16. The lowest BCUT2D eigenvalue weighted by atomic mass is 10.3. The van der Waals surface area contributed by atoms with Crippen molar-refractivity contribution in [2.75, 3.05) is 6.54 Å². The number of nitrogens with zero attached hydrogens (tertiary/aromatic N) is 2. The Bertz CT molecular complexity index is 263. The number of aromatic nitrogens is 2. The summed E-state index contributed by atoms with van der Waals surface area (Å²) < 4.78 is 2.23. The third-order valence-corrected chi connectivity index (χ3v) is 2.52. The summed E-state index contributed by atoms with van der Waals surface area (Å²) in [5.41, 5.74) is 1.33. The van der Waals surface area contributed by atoms with Gasteiger partial charge >= 0.3 is 0 Å². The molecule has 0 saturated heterocycles. The number of hydrogen-bond donors (Lipinski definition) is 1. The predicted octanol–water partition coefficient (Wildman–Crippen LogP) is 1.20. The smallest absolute Gasteiger partial charge is 0.0948 e. The maximum absolute atomic E-state index is 4.14. The lowest BCUT2D eigenvalue weighted by Gasteiger charge is -2.06. The summed E-state index contributed by atoms with van der Waals surface area (Å²) in [6, 6.07) is 0.814. The van der Waals surface area contributed by atoms with E-state index in [1.165, 1.54) is 18.5 Å². The van der Waals surface area contributed by atoms with E-state index in [4.69, 9.17) is 0 Å². The number of nitrogens with one attached hydrogen (secondary N) is 1. The topological polar surface area (TPSA) is 29.9 Å². The molecule has 1 heterocycles. The number of imidazole rings is 1. The molecule has 1 N–H and O–H groups in total.